The van der Waals surface area contributed by atoms with E-state index in [1.807, 2.05) is 73.7 Å². The molecule has 7 heteroatoms. The predicted molar refractivity (Wildman–Crippen MR) is 139 cm³/mol. The number of fused-ring (bicyclic) bond motifs is 2. The summed E-state index contributed by atoms with van der Waals surface area (Å²) in [7, 11) is 0. The molecule has 5 rings (SSSR count). The maximum atomic E-state index is 14.3. The number of halogens is 1. The minimum absolute atomic E-state index is 0.119. The van der Waals surface area contributed by atoms with Crippen molar-refractivity contribution in [3.8, 4) is 0 Å². The molecule has 174 valence electrons. The molecule has 0 bridgehead atoms. The average Bonchev–Trinajstić information content (AvgIpc) is 3.22. The van der Waals surface area contributed by atoms with Gasteiger partial charge in [0, 0.05) is 27.6 Å². The molecule has 3 aromatic carbocycles. The van der Waals surface area contributed by atoms with E-state index in [4.69, 9.17) is 11.6 Å². The van der Waals surface area contributed by atoms with Crippen molar-refractivity contribution >= 4 is 46.7 Å². The van der Waals surface area contributed by atoms with Crippen LogP contribution in [0.4, 0.5) is 16.2 Å². The van der Waals surface area contributed by atoms with Gasteiger partial charge in [-0.3, -0.25) is 9.69 Å². The number of nitrogens with one attached hydrogen (secondary N) is 1. The molecule has 1 atom stereocenters. The number of hydrogen-bond donors (Lipinski definition) is 1. The van der Waals surface area contributed by atoms with Crippen LogP contribution >= 0.6 is 23.4 Å². The van der Waals surface area contributed by atoms with Crippen LogP contribution in [0.25, 0.3) is 0 Å². The third-order valence-electron chi connectivity index (χ3n) is 6.35. The zero-order valence-corrected chi connectivity index (χ0v) is 20.9. The fraction of sp³-hybridized carbons (Fsp3) is 0.259. The van der Waals surface area contributed by atoms with E-state index >= 15 is 0 Å². The van der Waals surface area contributed by atoms with Crippen molar-refractivity contribution in [1.82, 2.24) is 4.90 Å². The monoisotopic (exact) mass is 491 g/mol. The predicted octanol–water partition coefficient (Wildman–Crippen LogP) is 6.41. The van der Waals surface area contributed by atoms with Gasteiger partial charge in [0.1, 0.15) is 0 Å². The molecule has 3 aromatic rings. The third-order valence-corrected chi connectivity index (χ3v) is 8.18. The Morgan fingerprint density at radius 3 is 2.50 bits per heavy atom. The number of hydrogen-bond acceptors (Lipinski definition) is 3. The molecule has 0 radical (unpaired) electrons. The van der Waals surface area contributed by atoms with Gasteiger partial charge in [-0.2, -0.15) is 0 Å². The molecule has 0 saturated carbocycles. The highest BCUT2D eigenvalue weighted by atomic mass is 35.5. The van der Waals surface area contributed by atoms with Crippen LogP contribution in [0.5, 0.6) is 0 Å². The lowest BCUT2D eigenvalue weighted by Gasteiger charge is -2.33. The number of para-hydroxylation sites is 1. The Kier molecular flexibility index (Phi) is 5.61. The first kappa shape index (κ1) is 22.8. The Labute approximate surface area is 209 Å². The van der Waals surface area contributed by atoms with Crippen LogP contribution in [-0.4, -0.2) is 28.1 Å². The first-order valence-corrected chi connectivity index (χ1v) is 12.4. The first-order valence-electron chi connectivity index (χ1n) is 11.2. The van der Waals surface area contributed by atoms with Gasteiger partial charge < -0.3 is 10.2 Å². The Balaban J connectivity index is 1.61. The minimum Gasteiger partial charge on any atom is -0.308 e. The largest absolute Gasteiger partial charge is 0.323 e. The molecule has 0 aromatic heterocycles. The molecule has 2 aliphatic rings. The Hall–Kier alpha value is -2.96. The highest BCUT2D eigenvalue weighted by molar-refractivity contribution is 8.02. The summed E-state index contributed by atoms with van der Waals surface area (Å²) in [5.41, 5.74) is 4.42. The smallest absolute Gasteiger partial charge is 0.308 e. The van der Waals surface area contributed by atoms with Crippen LogP contribution in [0.1, 0.15) is 30.5 Å². The summed E-state index contributed by atoms with van der Waals surface area (Å²) >= 11 is 7.95. The van der Waals surface area contributed by atoms with Gasteiger partial charge in [0.15, 0.2) is 4.87 Å². The molecule has 1 N–H and O–H groups in total. The summed E-state index contributed by atoms with van der Waals surface area (Å²) in [4.78, 5) is 30.2. The zero-order valence-electron chi connectivity index (χ0n) is 19.3. The lowest BCUT2D eigenvalue weighted by Crippen LogP contribution is -2.51. The maximum Gasteiger partial charge on any atom is 0.323 e. The van der Waals surface area contributed by atoms with Crippen LogP contribution in [0, 0.1) is 6.92 Å². The number of urea groups is 1. The minimum atomic E-state index is -1.19. The first-order chi connectivity index (χ1) is 16.2. The summed E-state index contributed by atoms with van der Waals surface area (Å²) in [5.74, 6) is -0.119. The third kappa shape index (κ3) is 3.75. The molecule has 1 saturated heterocycles. The van der Waals surface area contributed by atoms with Crippen molar-refractivity contribution < 1.29 is 9.59 Å². The number of nitrogens with zero attached hydrogens (tertiary/aromatic N) is 2. The lowest BCUT2D eigenvalue weighted by atomic mass is 10.0. The van der Waals surface area contributed by atoms with Gasteiger partial charge in [-0.1, -0.05) is 54.1 Å². The number of aryl methyl sites for hydroxylation is 1. The zero-order chi connectivity index (χ0) is 24.1. The van der Waals surface area contributed by atoms with E-state index in [-0.39, 0.29) is 16.7 Å². The average molecular weight is 492 g/mol. The molecular weight excluding hydrogens is 466 g/mol. The molecule has 0 unspecified atom stereocenters. The topological polar surface area (TPSA) is 52.7 Å². The normalized spacial score (nSPS) is 20.6. The lowest BCUT2D eigenvalue weighted by molar-refractivity contribution is -0.123. The second-order valence-corrected chi connectivity index (χ2v) is 11.7. The summed E-state index contributed by atoms with van der Waals surface area (Å²) < 4.78 is -0.331. The second kappa shape index (κ2) is 8.36. The highest BCUT2D eigenvalue weighted by Gasteiger charge is 2.63. The van der Waals surface area contributed by atoms with Crippen molar-refractivity contribution in [3.63, 3.8) is 0 Å². The molecule has 1 spiro atoms. The van der Waals surface area contributed by atoms with Gasteiger partial charge in [-0.15, -0.1) is 11.8 Å². The van der Waals surface area contributed by atoms with Gasteiger partial charge in [0.2, 0.25) is 0 Å². The molecule has 3 amide bonds. The quantitative estimate of drug-likeness (QED) is 0.460. The Bertz CT molecular complexity index is 1280. The number of amides is 3. The van der Waals surface area contributed by atoms with Crippen LogP contribution in [0.2, 0.25) is 5.02 Å². The number of carbonyl (C=O) groups excluding carboxylic acids is 2. The van der Waals surface area contributed by atoms with E-state index in [0.717, 1.165) is 22.4 Å². The number of carbonyl (C=O) groups is 2. The molecule has 2 heterocycles. The number of rotatable bonds is 3. The summed E-state index contributed by atoms with van der Waals surface area (Å²) in [6, 6.07) is 22.6. The summed E-state index contributed by atoms with van der Waals surface area (Å²) in [5, 5.41) is 3.52. The van der Waals surface area contributed by atoms with Gasteiger partial charge >= 0.3 is 6.03 Å². The van der Waals surface area contributed by atoms with Crippen LogP contribution in [-0.2, 0) is 16.2 Å². The van der Waals surface area contributed by atoms with Gasteiger partial charge in [0.25, 0.3) is 5.91 Å². The van der Waals surface area contributed by atoms with Crippen molar-refractivity contribution in [1.29, 1.82) is 0 Å². The van der Waals surface area contributed by atoms with Crippen molar-refractivity contribution in [3.05, 3.63) is 94.5 Å². The number of thioether (sulfide) groups is 1. The van der Waals surface area contributed by atoms with E-state index in [1.165, 1.54) is 11.8 Å². The molecule has 34 heavy (non-hydrogen) atoms. The Morgan fingerprint density at radius 1 is 1.06 bits per heavy atom. The molecular formula is C27H26ClN3O2S. The Morgan fingerprint density at radius 2 is 1.76 bits per heavy atom. The van der Waals surface area contributed by atoms with Crippen molar-refractivity contribution in [2.24, 2.45) is 0 Å². The highest BCUT2D eigenvalue weighted by Crippen LogP contribution is 2.60. The van der Waals surface area contributed by atoms with E-state index in [0.29, 0.717) is 23.8 Å². The number of benzene rings is 3. The summed E-state index contributed by atoms with van der Waals surface area (Å²) in [6.45, 7) is 7.03. The van der Waals surface area contributed by atoms with Gasteiger partial charge in [-0.05, 0) is 62.2 Å². The van der Waals surface area contributed by atoms with Crippen molar-refractivity contribution in [2.75, 3.05) is 16.8 Å². The van der Waals surface area contributed by atoms with Gasteiger partial charge in [0.05, 0.1) is 12.2 Å². The molecule has 5 nitrogen and oxygen atoms in total. The van der Waals surface area contributed by atoms with Crippen molar-refractivity contribution in [2.45, 2.75) is 36.9 Å². The SMILES string of the molecule is Cc1ccccc1CN1C(=O)[C@@]2(SC(C)(C)CN2C(=O)Nc2ccccc2)c2cc(Cl)ccc21. The van der Waals surface area contributed by atoms with E-state index in [9.17, 15) is 9.59 Å². The maximum absolute atomic E-state index is 14.3. The number of anilines is 2. The molecule has 0 aliphatic carbocycles. The van der Waals surface area contributed by atoms with Gasteiger partial charge in [-0.25, -0.2) is 4.79 Å². The fourth-order valence-electron chi connectivity index (χ4n) is 4.80. The van der Waals surface area contributed by atoms with Crippen LogP contribution in [0.3, 0.4) is 0 Å². The molecule has 1 fully saturated rings. The molecule has 2 aliphatic heterocycles. The van der Waals surface area contributed by atoms with E-state index < -0.39 is 4.87 Å². The van der Waals surface area contributed by atoms with E-state index in [1.54, 1.807) is 15.9 Å². The van der Waals surface area contributed by atoms with Crippen LogP contribution < -0.4 is 10.2 Å². The standard InChI is InChI=1S/C27H26ClN3O2S/c1-18-9-7-8-10-19(18)16-30-23-14-13-20(28)15-22(23)27(24(30)32)31(17-26(2,3)34-27)25(33)29-21-11-5-4-6-12-21/h4-15H,16-17H2,1-3H3,(H,29,33)/t27-/m0/s1. The van der Waals surface area contributed by atoms with Crippen LogP contribution in [0.15, 0.2) is 72.8 Å². The fourth-order valence-corrected chi connectivity index (χ4v) is 6.70. The summed E-state index contributed by atoms with van der Waals surface area (Å²) in [6.07, 6.45) is 0. The second-order valence-electron chi connectivity index (χ2n) is 9.37. The van der Waals surface area contributed by atoms with E-state index in [2.05, 4.69) is 19.2 Å².